The maximum absolute atomic E-state index is 13.2. The Morgan fingerprint density at radius 1 is 1.09 bits per heavy atom. The second-order valence-electron chi connectivity index (χ2n) is 8.62. The summed E-state index contributed by atoms with van der Waals surface area (Å²) in [5.74, 6) is 3.16. The predicted octanol–water partition coefficient (Wildman–Crippen LogP) is 3.13. The Hall–Kier alpha value is -3.06. The molecule has 1 N–H and O–H groups in total. The van der Waals surface area contributed by atoms with Gasteiger partial charge >= 0.3 is 0 Å². The number of aromatic nitrogens is 2. The number of methoxy groups -OCH3 is 3. The maximum Gasteiger partial charge on any atom is 0.261 e. The predicted molar refractivity (Wildman–Crippen MR) is 123 cm³/mol. The monoisotopic (exact) mass is 435 g/mol. The van der Waals surface area contributed by atoms with E-state index in [-0.39, 0.29) is 5.56 Å². The van der Waals surface area contributed by atoms with Gasteiger partial charge in [0.05, 0.1) is 38.6 Å². The topological polar surface area (TPSA) is 74.6 Å². The van der Waals surface area contributed by atoms with Crippen molar-refractivity contribution in [2.75, 3.05) is 27.9 Å². The third-order valence-electron chi connectivity index (χ3n) is 7.11. The first-order valence-corrected chi connectivity index (χ1v) is 11.1. The minimum atomic E-state index is -0.0591. The SMILES string of the molecule is COc1cc2ncn(CCC3NC[C@H]4CCc5c(OC)cccc5[C@H]34)c(=O)c2cc1OC. The standard InChI is InChI=1S/C25H29N3O4/c1-30-21-6-4-5-17-16(21)8-7-15-13-26-19(24(15)17)9-10-28-14-27-20-12-23(32-3)22(31-2)11-18(20)25(28)29/h4-6,11-12,14-15,19,24,26H,7-10,13H2,1-3H3/t15-,19?,24-/m1/s1. The van der Waals surface area contributed by atoms with E-state index in [1.807, 2.05) is 0 Å². The molecule has 1 aromatic heterocycles. The molecule has 3 atom stereocenters. The van der Waals surface area contributed by atoms with Gasteiger partial charge in [-0.2, -0.15) is 0 Å². The van der Waals surface area contributed by atoms with Gasteiger partial charge in [-0.1, -0.05) is 12.1 Å². The molecule has 1 saturated heterocycles. The molecule has 0 radical (unpaired) electrons. The molecule has 5 rings (SSSR count). The first kappa shape index (κ1) is 20.8. The third-order valence-corrected chi connectivity index (χ3v) is 7.11. The molecule has 0 spiro atoms. The fourth-order valence-corrected chi connectivity index (χ4v) is 5.53. The zero-order valence-corrected chi connectivity index (χ0v) is 18.8. The van der Waals surface area contributed by atoms with Crippen molar-refractivity contribution in [2.24, 2.45) is 5.92 Å². The molecule has 7 nitrogen and oxygen atoms in total. The smallest absolute Gasteiger partial charge is 0.261 e. The van der Waals surface area contributed by atoms with Crippen molar-refractivity contribution in [3.05, 3.63) is 58.1 Å². The Morgan fingerprint density at radius 2 is 1.88 bits per heavy atom. The highest BCUT2D eigenvalue weighted by Crippen LogP contribution is 2.45. The lowest BCUT2D eigenvalue weighted by molar-refractivity contribution is 0.355. The highest BCUT2D eigenvalue weighted by atomic mass is 16.5. The normalized spacial score (nSPS) is 21.8. The number of rotatable bonds is 6. The molecule has 2 heterocycles. The zero-order valence-electron chi connectivity index (χ0n) is 18.8. The van der Waals surface area contributed by atoms with E-state index >= 15 is 0 Å². The molecule has 1 fully saturated rings. The van der Waals surface area contributed by atoms with Crippen LogP contribution in [0.1, 0.15) is 29.9 Å². The molecule has 7 heteroatoms. The highest BCUT2D eigenvalue weighted by molar-refractivity contribution is 5.81. The fourth-order valence-electron chi connectivity index (χ4n) is 5.53. The van der Waals surface area contributed by atoms with E-state index in [4.69, 9.17) is 14.2 Å². The lowest BCUT2D eigenvalue weighted by Crippen LogP contribution is -2.31. The second-order valence-corrected chi connectivity index (χ2v) is 8.62. The molecule has 168 valence electrons. The Bertz CT molecular complexity index is 1210. The molecule has 32 heavy (non-hydrogen) atoms. The van der Waals surface area contributed by atoms with Gasteiger partial charge < -0.3 is 19.5 Å². The van der Waals surface area contributed by atoms with Crippen LogP contribution >= 0.6 is 0 Å². The van der Waals surface area contributed by atoms with Crippen LogP contribution < -0.4 is 25.1 Å². The lowest BCUT2D eigenvalue weighted by Gasteiger charge is -2.32. The molecular weight excluding hydrogens is 406 g/mol. The fraction of sp³-hybridized carbons (Fsp3) is 0.440. The third kappa shape index (κ3) is 3.41. The van der Waals surface area contributed by atoms with E-state index in [1.54, 1.807) is 44.4 Å². The van der Waals surface area contributed by atoms with E-state index in [1.165, 1.54) is 17.5 Å². The van der Waals surface area contributed by atoms with E-state index in [0.717, 1.165) is 25.1 Å². The largest absolute Gasteiger partial charge is 0.496 e. The Kier molecular flexibility index (Phi) is 5.51. The zero-order chi connectivity index (χ0) is 22.2. The van der Waals surface area contributed by atoms with E-state index in [2.05, 4.69) is 28.5 Å². The summed E-state index contributed by atoms with van der Waals surface area (Å²) in [6, 6.07) is 10.2. The summed E-state index contributed by atoms with van der Waals surface area (Å²) in [7, 11) is 4.89. The minimum Gasteiger partial charge on any atom is -0.496 e. The number of aryl methyl sites for hydroxylation is 1. The van der Waals surface area contributed by atoms with Crippen LogP contribution in [0.2, 0.25) is 0 Å². The molecule has 2 aliphatic rings. The van der Waals surface area contributed by atoms with E-state index in [9.17, 15) is 4.79 Å². The van der Waals surface area contributed by atoms with Crippen LogP contribution in [0.15, 0.2) is 41.5 Å². The van der Waals surface area contributed by atoms with Crippen molar-refractivity contribution in [1.29, 1.82) is 0 Å². The van der Waals surface area contributed by atoms with Crippen molar-refractivity contribution in [3.8, 4) is 17.2 Å². The second kappa shape index (κ2) is 8.47. The summed E-state index contributed by atoms with van der Waals surface area (Å²) in [6.07, 6.45) is 4.73. The van der Waals surface area contributed by atoms with E-state index < -0.39 is 0 Å². The van der Waals surface area contributed by atoms with Crippen LogP contribution in [0.3, 0.4) is 0 Å². The van der Waals surface area contributed by atoms with Crippen molar-refractivity contribution >= 4 is 10.9 Å². The maximum atomic E-state index is 13.2. The van der Waals surface area contributed by atoms with Gasteiger partial charge in [0.25, 0.3) is 5.56 Å². The van der Waals surface area contributed by atoms with Crippen molar-refractivity contribution < 1.29 is 14.2 Å². The first-order chi connectivity index (χ1) is 15.6. The van der Waals surface area contributed by atoms with Gasteiger partial charge in [-0.3, -0.25) is 9.36 Å². The van der Waals surface area contributed by atoms with Gasteiger partial charge in [0, 0.05) is 24.6 Å². The average Bonchev–Trinajstić information content (AvgIpc) is 3.26. The van der Waals surface area contributed by atoms with E-state index in [0.29, 0.717) is 46.8 Å². The summed E-state index contributed by atoms with van der Waals surface area (Å²) in [4.78, 5) is 17.7. The van der Waals surface area contributed by atoms with Gasteiger partial charge in [0.2, 0.25) is 0 Å². The van der Waals surface area contributed by atoms with Crippen molar-refractivity contribution in [3.63, 3.8) is 0 Å². The molecule has 3 aromatic rings. The van der Waals surface area contributed by atoms with Crippen LogP contribution in [-0.4, -0.2) is 43.5 Å². The van der Waals surface area contributed by atoms with Gasteiger partial charge in [-0.15, -0.1) is 0 Å². The Balaban J connectivity index is 1.41. The Labute approximate surface area is 187 Å². The number of nitrogens with one attached hydrogen (secondary N) is 1. The Morgan fingerprint density at radius 3 is 2.66 bits per heavy atom. The average molecular weight is 436 g/mol. The highest BCUT2D eigenvalue weighted by Gasteiger charge is 2.40. The van der Waals surface area contributed by atoms with Crippen molar-refractivity contribution in [1.82, 2.24) is 14.9 Å². The molecule has 0 saturated carbocycles. The van der Waals surface area contributed by atoms with Crippen LogP contribution in [0.4, 0.5) is 0 Å². The summed E-state index contributed by atoms with van der Waals surface area (Å²) >= 11 is 0. The number of fused-ring (bicyclic) bond motifs is 4. The molecule has 1 aliphatic heterocycles. The molecule has 1 unspecified atom stereocenters. The lowest BCUT2D eigenvalue weighted by atomic mass is 9.73. The molecule has 1 aliphatic carbocycles. The van der Waals surface area contributed by atoms with Crippen LogP contribution in [0.5, 0.6) is 17.2 Å². The quantitative estimate of drug-likeness (QED) is 0.641. The number of ether oxygens (including phenoxy) is 3. The molecule has 0 amide bonds. The summed E-state index contributed by atoms with van der Waals surface area (Å²) in [5, 5.41) is 4.26. The summed E-state index contributed by atoms with van der Waals surface area (Å²) in [6.45, 7) is 1.63. The number of nitrogens with zero attached hydrogens (tertiary/aromatic N) is 2. The van der Waals surface area contributed by atoms with Gasteiger partial charge in [-0.25, -0.2) is 4.98 Å². The molecule has 2 aromatic carbocycles. The number of benzene rings is 2. The van der Waals surface area contributed by atoms with Gasteiger partial charge in [-0.05, 0) is 55.0 Å². The first-order valence-electron chi connectivity index (χ1n) is 11.1. The van der Waals surface area contributed by atoms with Gasteiger partial charge in [0.15, 0.2) is 11.5 Å². The van der Waals surface area contributed by atoms with Crippen LogP contribution in [0.25, 0.3) is 10.9 Å². The molecule has 0 bridgehead atoms. The van der Waals surface area contributed by atoms with Crippen LogP contribution in [0, 0.1) is 5.92 Å². The summed E-state index contributed by atoms with van der Waals surface area (Å²) in [5.41, 5.74) is 3.29. The summed E-state index contributed by atoms with van der Waals surface area (Å²) < 4.78 is 18.0. The van der Waals surface area contributed by atoms with Gasteiger partial charge in [0.1, 0.15) is 5.75 Å². The molecular formula is C25H29N3O4. The minimum absolute atomic E-state index is 0.0591. The number of hydrogen-bond donors (Lipinski definition) is 1. The van der Waals surface area contributed by atoms with Crippen molar-refractivity contribution in [2.45, 2.75) is 37.8 Å². The van der Waals surface area contributed by atoms with Crippen LogP contribution in [-0.2, 0) is 13.0 Å². The number of hydrogen-bond acceptors (Lipinski definition) is 6.